The minimum absolute atomic E-state index is 0.0812. The lowest BCUT2D eigenvalue weighted by Gasteiger charge is -2.31. The number of hydrogen-bond donors (Lipinski definition) is 2. The van der Waals surface area contributed by atoms with E-state index in [1.54, 1.807) is 0 Å². The van der Waals surface area contributed by atoms with Gasteiger partial charge in [-0.15, -0.1) is 0 Å². The standard InChI is InChI=1S/C13H25NO/c15-13-9-5-4-8-12(13)14-10-11-6-2-1-3-7-11/h11-15H,1-10H2/t12-,13+/m0/s1. The summed E-state index contributed by atoms with van der Waals surface area (Å²) < 4.78 is 0. The highest BCUT2D eigenvalue weighted by Gasteiger charge is 2.23. The van der Waals surface area contributed by atoms with Crippen LogP contribution >= 0.6 is 0 Å². The monoisotopic (exact) mass is 211 g/mol. The molecule has 15 heavy (non-hydrogen) atoms. The van der Waals surface area contributed by atoms with E-state index >= 15 is 0 Å². The van der Waals surface area contributed by atoms with Crippen LogP contribution in [-0.4, -0.2) is 23.8 Å². The minimum atomic E-state index is -0.0812. The molecular formula is C13H25NO. The highest BCUT2D eigenvalue weighted by Crippen LogP contribution is 2.24. The summed E-state index contributed by atoms with van der Waals surface area (Å²) in [7, 11) is 0. The molecule has 2 rings (SSSR count). The molecule has 0 aliphatic heterocycles. The molecule has 2 aliphatic carbocycles. The number of aliphatic hydroxyl groups excluding tert-OH is 1. The summed E-state index contributed by atoms with van der Waals surface area (Å²) in [6, 6.07) is 0.390. The van der Waals surface area contributed by atoms with Gasteiger partial charge in [0.25, 0.3) is 0 Å². The van der Waals surface area contributed by atoms with E-state index in [1.807, 2.05) is 0 Å². The van der Waals surface area contributed by atoms with Gasteiger partial charge in [-0.05, 0) is 38.1 Å². The Kier molecular flexibility index (Phi) is 4.45. The molecule has 0 radical (unpaired) electrons. The van der Waals surface area contributed by atoms with Gasteiger partial charge in [0.1, 0.15) is 0 Å². The van der Waals surface area contributed by atoms with Crippen LogP contribution in [0, 0.1) is 5.92 Å². The maximum atomic E-state index is 9.84. The van der Waals surface area contributed by atoms with Crippen molar-refractivity contribution in [3.8, 4) is 0 Å². The lowest BCUT2D eigenvalue weighted by Crippen LogP contribution is -2.44. The van der Waals surface area contributed by atoms with Crippen molar-refractivity contribution in [3.05, 3.63) is 0 Å². The lowest BCUT2D eigenvalue weighted by atomic mass is 9.88. The maximum Gasteiger partial charge on any atom is 0.0693 e. The zero-order valence-corrected chi connectivity index (χ0v) is 9.75. The van der Waals surface area contributed by atoms with Crippen molar-refractivity contribution in [1.82, 2.24) is 5.32 Å². The van der Waals surface area contributed by atoms with Gasteiger partial charge in [-0.2, -0.15) is 0 Å². The van der Waals surface area contributed by atoms with Gasteiger partial charge in [-0.25, -0.2) is 0 Å². The largest absolute Gasteiger partial charge is 0.392 e. The first-order valence-electron chi connectivity index (χ1n) is 6.78. The van der Waals surface area contributed by atoms with E-state index in [4.69, 9.17) is 0 Å². The third-order valence-electron chi connectivity index (χ3n) is 4.12. The number of hydrogen-bond acceptors (Lipinski definition) is 2. The molecule has 2 N–H and O–H groups in total. The quantitative estimate of drug-likeness (QED) is 0.751. The summed E-state index contributed by atoms with van der Waals surface area (Å²) in [6.07, 6.45) is 11.7. The van der Waals surface area contributed by atoms with Crippen LogP contribution in [-0.2, 0) is 0 Å². The molecule has 0 aromatic rings. The van der Waals surface area contributed by atoms with E-state index < -0.39 is 0 Å². The van der Waals surface area contributed by atoms with E-state index in [2.05, 4.69) is 5.32 Å². The third kappa shape index (κ3) is 3.46. The van der Waals surface area contributed by atoms with Gasteiger partial charge in [-0.1, -0.05) is 32.1 Å². The van der Waals surface area contributed by atoms with Crippen molar-refractivity contribution < 1.29 is 5.11 Å². The van der Waals surface area contributed by atoms with Crippen LogP contribution < -0.4 is 5.32 Å². The molecule has 2 saturated carbocycles. The summed E-state index contributed by atoms with van der Waals surface area (Å²) in [6.45, 7) is 1.14. The van der Waals surface area contributed by atoms with Gasteiger partial charge in [0.05, 0.1) is 6.10 Å². The minimum Gasteiger partial charge on any atom is -0.392 e. The Labute approximate surface area is 93.5 Å². The summed E-state index contributed by atoms with van der Waals surface area (Å²) in [4.78, 5) is 0. The lowest BCUT2D eigenvalue weighted by molar-refractivity contribution is 0.0876. The fourth-order valence-corrected chi connectivity index (χ4v) is 3.06. The second-order valence-corrected chi connectivity index (χ2v) is 5.37. The molecule has 0 aromatic heterocycles. The molecule has 88 valence electrons. The Balaban J connectivity index is 1.67. The number of nitrogens with one attached hydrogen (secondary N) is 1. The average molecular weight is 211 g/mol. The van der Waals surface area contributed by atoms with Crippen LogP contribution in [0.15, 0.2) is 0 Å². The Morgan fingerprint density at radius 1 is 0.867 bits per heavy atom. The van der Waals surface area contributed by atoms with Gasteiger partial charge < -0.3 is 10.4 Å². The van der Waals surface area contributed by atoms with Crippen LogP contribution in [0.2, 0.25) is 0 Å². The molecule has 0 amide bonds. The van der Waals surface area contributed by atoms with Crippen LogP contribution in [0.4, 0.5) is 0 Å². The van der Waals surface area contributed by atoms with E-state index in [0.29, 0.717) is 6.04 Å². The summed E-state index contributed by atoms with van der Waals surface area (Å²) in [5.74, 6) is 0.882. The second kappa shape index (κ2) is 5.86. The predicted octanol–water partition coefficient (Wildman–Crippen LogP) is 2.46. The molecule has 2 fully saturated rings. The molecule has 0 bridgehead atoms. The molecule has 0 aromatic carbocycles. The molecule has 2 heteroatoms. The normalized spacial score (nSPS) is 34.2. The van der Waals surface area contributed by atoms with E-state index in [9.17, 15) is 5.11 Å². The maximum absolute atomic E-state index is 9.84. The number of rotatable bonds is 3. The van der Waals surface area contributed by atoms with Gasteiger partial charge in [0.15, 0.2) is 0 Å². The Bertz CT molecular complexity index is 177. The van der Waals surface area contributed by atoms with E-state index in [1.165, 1.54) is 51.4 Å². The SMILES string of the molecule is O[C@@H]1CCCC[C@@H]1NCC1CCCCC1. The molecule has 0 spiro atoms. The van der Waals surface area contributed by atoms with Gasteiger partial charge in [0, 0.05) is 6.04 Å². The van der Waals surface area contributed by atoms with E-state index in [-0.39, 0.29) is 6.10 Å². The first-order chi connectivity index (χ1) is 7.36. The van der Waals surface area contributed by atoms with Crippen molar-refractivity contribution in [1.29, 1.82) is 0 Å². The van der Waals surface area contributed by atoms with Crippen LogP contribution in [0.3, 0.4) is 0 Å². The zero-order chi connectivity index (χ0) is 10.5. The molecule has 2 atom stereocenters. The molecule has 0 unspecified atom stereocenters. The molecule has 2 aliphatic rings. The second-order valence-electron chi connectivity index (χ2n) is 5.37. The fraction of sp³-hybridized carbons (Fsp3) is 1.00. The average Bonchev–Trinajstić information content (AvgIpc) is 2.29. The smallest absolute Gasteiger partial charge is 0.0693 e. The van der Waals surface area contributed by atoms with Crippen LogP contribution in [0.5, 0.6) is 0 Å². The fourth-order valence-electron chi connectivity index (χ4n) is 3.06. The summed E-state index contributed by atoms with van der Waals surface area (Å²) in [5.41, 5.74) is 0. The zero-order valence-electron chi connectivity index (χ0n) is 9.75. The van der Waals surface area contributed by atoms with Gasteiger partial charge in [-0.3, -0.25) is 0 Å². The third-order valence-corrected chi connectivity index (χ3v) is 4.12. The summed E-state index contributed by atoms with van der Waals surface area (Å²) in [5, 5.41) is 13.4. The number of aliphatic hydroxyl groups is 1. The molecular weight excluding hydrogens is 186 g/mol. The summed E-state index contributed by atoms with van der Waals surface area (Å²) >= 11 is 0. The van der Waals surface area contributed by atoms with Crippen molar-refractivity contribution >= 4 is 0 Å². The van der Waals surface area contributed by atoms with Crippen molar-refractivity contribution in [2.75, 3.05) is 6.54 Å². The Hall–Kier alpha value is -0.0800. The highest BCUT2D eigenvalue weighted by atomic mass is 16.3. The predicted molar refractivity (Wildman–Crippen MR) is 62.8 cm³/mol. The van der Waals surface area contributed by atoms with Crippen molar-refractivity contribution in [3.63, 3.8) is 0 Å². The van der Waals surface area contributed by atoms with Gasteiger partial charge in [0.2, 0.25) is 0 Å². The van der Waals surface area contributed by atoms with E-state index in [0.717, 1.165) is 18.9 Å². The van der Waals surface area contributed by atoms with Crippen molar-refractivity contribution in [2.45, 2.75) is 69.9 Å². The molecule has 0 saturated heterocycles. The van der Waals surface area contributed by atoms with Crippen molar-refractivity contribution in [2.24, 2.45) is 5.92 Å². The first-order valence-corrected chi connectivity index (χ1v) is 6.78. The Morgan fingerprint density at radius 3 is 2.27 bits per heavy atom. The Morgan fingerprint density at radius 2 is 1.53 bits per heavy atom. The van der Waals surface area contributed by atoms with Gasteiger partial charge >= 0.3 is 0 Å². The first kappa shape index (κ1) is 11.4. The topological polar surface area (TPSA) is 32.3 Å². The molecule has 0 heterocycles. The van der Waals surface area contributed by atoms with Crippen LogP contribution in [0.25, 0.3) is 0 Å². The molecule has 2 nitrogen and oxygen atoms in total. The van der Waals surface area contributed by atoms with Crippen LogP contribution in [0.1, 0.15) is 57.8 Å². The highest BCUT2D eigenvalue weighted by molar-refractivity contribution is 4.81.